The largest absolute Gasteiger partial charge is 0.314 e. The summed E-state index contributed by atoms with van der Waals surface area (Å²) < 4.78 is 1.73. The molecule has 0 fully saturated rings. The molecule has 1 aromatic rings. The van der Waals surface area contributed by atoms with E-state index in [9.17, 15) is 0 Å². The van der Waals surface area contributed by atoms with Crippen LogP contribution in [0.4, 0.5) is 0 Å². The molecular weight excluding hydrogens is 152 g/mol. The molecular formula is C8H16N4. The Hall–Kier alpha value is -0.900. The molecule has 0 atom stereocenters. The van der Waals surface area contributed by atoms with Gasteiger partial charge in [-0.1, -0.05) is 19.1 Å². The van der Waals surface area contributed by atoms with Crippen LogP contribution >= 0.6 is 0 Å². The Labute approximate surface area is 73.0 Å². The van der Waals surface area contributed by atoms with Gasteiger partial charge in [0.25, 0.3) is 0 Å². The predicted molar refractivity (Wildman–Crippen MR) is 47.8 cm³/mol. The number of hydrogen-bond donors (Lipinski definition) is 1. The minimum Gasteiger partial charge on any atom is -0.314 e. The van der Waals surface area contributed by atoms with Gasteiger partial charge in [-0.3, -0.25) is 4.68 Å². The summed E-state index contributed by atoms with van der Waals surface area (Å²) in [5, 5.41) is 11.2. The smallest absolute Gasteiger partial charge is 0.0839 e. The lowest BCUT2D eigenvalue weighted by Crippen LogP contribution is -2.25. The minimum absolute atomic E-state index is 0.543. The Morgan fingerprint density at radius 1 is 1.58 bits per heavy atom. The molecule has 0 bridgehead atoms. The van der Waals surface area contributed by atoms with Crippen LogP contribution in [-0.2, 0) is 13.5 Å². The molecule has 0 unspecified atom stereocenters. The molecule has 0 saturated heterocycles. The van der Waals surface area contributed by atoms with Crippen molar-refractivity contribution in [3.63, 3.8) is 0 Å². The van der Waals surface area contributed by atoms with E-state index in [-0.39, 0.29) is 0 Å². The highest BCUT2D eigenvalue weighted by Gasteiger charge is 1.97. The molecule has 0 aliphatic rings. The van der Waals surface area contributed by atoms with Gasteiger partial charge in [0.05, 0.1) is 5.69 Å². The Morgan fingerprint density at radius 3 is 2.83 bits per heavy atom. The Kier molecular flexibility index (Phi) is 3.22. The molecule has 0 aliphatic carbocycles. The summed E-state index contributed by atoms with van der Waals surface area (Å²) in [7, 11) is 1.88. The molecule has 12 heavy (non-hydrogen) atoms. The summed E-state index contributed by atoms with van der Waals surface area (Å²) in [5.41, 5.74) is 1.05. The summed E-state index contributed by atoms with van der Waals surface area (Å²) >= 11 is 0. The van der Waals surface area contributed by atoms with Gasteiger partial charge in [0.1, 0.15) is 0 Å². The Morgan fingerprint density at radius 2 is 2.33 bits per heavy atom. The van der Waals surface area contributed by atoms with E-state index in [4.69, 9.17) is 0 Å². The van der Waals surface area contributed by atoms with Crippen molar-refractivity contribution in [1.82, 2.24) is 20.3 Å². The zero-order chi connectivity index (χ0) is 8.97. The van der Waals surface area contributed by atoms with Crippen LogP contribution in [0, 0.1) is 0 Å². The third-order valence-electron chi connectivity index (χ3n) is 1.58. The molecule has 68 valence electrons. The van der Waals surface area contributed by atoms with Gasteiger partial charge in [-0.15, -0.1) is 5.10 Å². The van der Waals surface area contributed by atoms with Gasteiger partial charge in [-0.25, -0.2) is 0 Å². The van der Waals surface area contributed by atoms with Gasteiger partial charge in [0, 0.05) is 32.3 Å². The van der Waals surface area contributed by atoms with E-state index >= 15 is 0 Å². The average molecular weight is 168 g/mol. The first-order valence-electron chi connectivity index (χ1n) is 4.27. The zero-order valence-corrected chi connectivity index (χ0v) is 7.91. The van der Waals surface area contributed by atoms with Crippen LogP contribution in [0.25, 0.3) is 0 Å². The van der Waals surface area contributed by atoms with E-state index in [1.54, 1.807) is 4.68 Å². The maximum Gasteiger partial charge on any atom is 0.0839 e. The van der Waals surface area contributed by atoms with Gasteiger partial charge >= 0.3 is 0 Å². The number of rotatable bonds is 4. The fraction of sp³-hybridized carbons (Fsp3) is 0.750. The van der Waals surface area contributed by atoms with Crippen LogP contribution in [0.15, 0.2) is 6.20 Å². The highest BCUT2D eigenvalue weighted by molar-refractivity contribution is 4.92. The van der Waals surface area contributed by atoms with E-state index in [2.05, 4.69) is 29.5 Å². The standard InChI is InChI=1S/C8H16N4/c1-7(2)9-5-4-8-6-12(3)11-10-8/h6-7,9H,4-5H2,1-3H3. The van der Waals surface area contributed by atoms with Crippen molar-refractivity contribution >= 4 is 0 Å². The van der Waals surface area contributed by atoms with Crippen molar-refractivity contribution < 1.29 is 0 Å². The van der Waals surface area contributed by atoms with Crippen molar-refractivity contribution in [3.8, 4) is 0 Å². The zero-order valence-electron chi connectivity index (χ0n) is 7.91. The number of hydrogen-bond acceptors (Lipinski definition) is 3. The fourth-order valence-corrected chi connectivity index (χ4v) is 0.999. The molecule has 1 heterocycles. The molecule has 0 amide bonds. The summed E-state index contributed by atoms with van der Waals surface area (Å²) in [6.45, 7) is 5.24. The Balaban J connectivity index is 2.24. The number of aromatic nitrogens is 3. The van der Waals surface area contributed by atoms with Crippen LogP contribution in [0.1, 0.15) is 19.5 Å². The summed E-state index contributed by atoms with van der Waals surface area (Å²) in [5.74, 6) is 0. The normalized spacial score (nSPS) is 11.0. The Bertz CT molecular complexity index is 229. The summed E-state index contributed by atoms with van der Waals surface area (Å²) in [6.07, 6.45) is 2.90. The lowest BCUT2D eigenvalue weighted by atomic mass is 10.3. The molecule has 1 rings (SSSR count). The monoisotopic (exact) mass is 168 g/mol. The van der Waals surface area contributed by atoms with Crippen LogP contribution in [0.3, 0.4) is 0 Å². The molecule has 0 radical (unpaired) electrons. The van der Waals surface area contributed by atoms with E-state index < -0.39 is 0 Å². The first-order valence-corrected chi connectivity index (χ1v) is 4.27. The van der Waals surface area contributed by atoms with E-state index in [1.807, 2.05) is 13.2 Å². The van der Waals surface area contributed by atoms with Crippen LogP contribution in [-0.4, -0.2) is 27.6 Å². The second-order valence-corrected chi connectivity index (χ2v) is 3.24. The third-order valence-corrected chi connectivity index (χ3v) is 1.58. The molecule has 4 nitrogen and oxygen atoms in total. The molecule has 0 aromatic carbocycles. The lowest BCUT2D eigenvalue weighted by molar-refractivity contribution is 0.587. The van der Waals surface area contributed by atoms with Gasteiger partial charge in [0.2, 0.25) is 0 Å². The van der Waals surface area contributed by atoms with Gasteiger partial charge in [-0.2, -0.15) is 0 Å². The second-order valence-electron chi connectivity index (χ2n) is 3.24. The van der Waals surface area contributed by atoms with Crippen LogP contribution in [0.5, 0.6) is 0 Å². The molecule has 0 aliphatic heterocycles. The molecule has 1 N–H and O–H groups in total. The third kappa shape index (κ3) is 3.00. The van der Waals surface area contributed by atoms with Crippen molar-refractivity contribution in [2.24, 2.45) is 7.05 Å². The van der Waals surface area contributed by atoms with Crippen LogP contribution < -0.4 is 5.32 Å². The summed E-state index contributed by atoms with van der Waals surface area (Å²) in [4.78, 5) is 0. The SMILES string of the molecule is CC(C)NCCc1cn(C)nn1. The maximum atomic E-state index is 3.99. The average Bonchev–Trinajstić information content (AvgIpc) is 2.35. The first-order chi connectivity index (χ1) is 5.68. The highest BCUT2D eigenvalue weighted by atomic mass is 15.4. The topological polar surface area (TPSA) is 42.7 Å². The number of nitrogens with zero attached hydrogens (tertiary/aromatic N) is 3. The lowest BCUT2D eigenvalue weighted by Gasteiger charge is -2.05. The van der Waals surface area contributed by atoms with Crippen molar-refractivity contribution in [3.05, 3.63) is 11.9 Å². The van der Waals surface area contributed by atoms with Crippen LogP contribution in [0.2, 0.25) is 0 Å². The fourth-order valence-electron chi connectivity index (χ4n) is 0.999. The van der Waals surface area contributed by atoms with Crippen molar-refractivity contribution in [1.29, 1.82) is 0 Å². The first kappa shape index (κ1) is 9.19. The number of nitrogens with one attached hydrogen (secondary N) is 1. The summed E-state index contributed by atoms with van der Waals surface area (Å²) in [6, 6.07) is 0.543. The van der Waals surface area contributed by atoms with E-state index in [0.717, 1.165) is 18.7 Å². The molecule has 4 heteroatoms. The van der Waals surface area contributed by atoms with Gasteiger partial charge in [0.15, 0.2) is 0 Å². The minimum atomic E-state index is 0.543. The molecule has 0 spiro atoms. The van der Waals surface area contributed by atoms with E-state index in [0.29, 0.717) is 6.04 Å². The van der Waals surface area contributed by atoms with Gasteiger partial charge in [-0.05, 0) is 0 Å². The van der Waals surface area contributed by atoms with Crippen molar-refractivity contribution in [2.45, 2.75) is 26.3 Å². The van der Waals surface area contributed by atoms with Crippen molar-refractivity contribution in [2.75, 3.05) is 6.54 Å². The second kappa shape index (κ2) is 4.21. The number of aryl methyl sites for hydroxylation is 1. The quantitative estimate of drug-likeness (QED) is 0.705. The van der Waals surface area contributed by atoms with E-state index in [1.165, 1.54) is 0 Å². The molecule has 0 saturated carbocycles. The van der Waals surface area contributed by atoms with Gasteiger partial charge < -0.3 is 5.32 Å². The predicted octanol–water partition coefficient (Wildman–Crippen LogP) is 0.356. The highest BCUT2D eigenvalue weighted by Crippen LogP contribution is 1.91. The molecule has 1 aromatic heterocycles. The maximum absolute atomic E-state index is 3.99.